The van der Waals surface area contributed by atoms with Gasteiger partial charge in [-0.2, -0.15) is 26.3 Å². The van der Waals surface area contributed by atoms with Crippen LogP contribution in [-0.4, -0.2) is 50.0 Å². The van der Waals surface area contributed by atoms with Crippen molar-refractivity contribution >= 4 is 11.5 Å². The van der Waals surface area contributed by atoms with Crippen molar-refractivity contribution < 1.29 is 36.2 Å². The molecule has 4 rings (SSSR count). The van der Waals surface area contributed by atoms with Gasteiger partial charge >= 0.3 is 12.4 Å². The van der Waals surface area contributed by atoms with Crippen LogP contribution in [0.3, 0.4) is 0 Å². The molecular weight excluding hydrogens is 432 g/mol. The second kappa shape index (κ2) is 7.64. The first-order chi connectivity index (χ1) is 14.6. The molecule has 7 nitrogen and oxygen atoms in total. The molecule has 1 aliphatic heterocycles. The fourth-order valence-corrected chi connectivity index (χ4v) is 3.34. The SMILES string of the molecule is O[C@@H]1COCC[C@H]1Nc1nnc(-c2ccc(C(F)(F)F)cc2C(F)(F)F)c2cncn12. The maximum atomic E-state index is 13.6. The van der Waals surface area contributed by atoms with Gasteiger partial charge < -0.3 is 15.2 Å². The molecule has 13 heteroatoms. The topological polar surface area (TPSA) is 84.6 Å². The van der Waals surface area contributed by atoms with Gasteiger partial charge in [0.1, 0.15) is 12.0 Å². The van der Waals surface area contributed by atoms with Gasteiger partial charge in [0.15, 0.2) is 0 Å². The lowest BCUT2D eigenvalue weighted by molar-refractivity contribution is -0.142. The maximum absolute atomic E-state index is 13.6. The van der Waals surface area contributed by atoms with Crippen molar-refractivity contribution in [2.75, 3.05) is 18.5 Å². The standard InChI is InChI=1S/C18H15F6N5O2/c19-17(20,21)9-1-2-10(11(5-9)18(22,23)24)15-13-6-25-8-29(13)16(28-27-15)26-12-3-4-31-7-14(12)30/h1-2,5-6,8,12,14,30H,3-4,7H2,(H,26,28)/t12-,14-/m1/s1. The predicted octanol–water partition coefficient (Wildman–Crippen LogP) is 3.39. The highest BCUT2D eigenvalue weighted by Crippen LogP contribution is 2.41. The van der Waals surface area contributed by atoms with Gasteiger partial charge in [-0.15, -0.1) is 10.2 Å². The van der Waals surface area contributed by atoms with Crippen LogP contribution in [0.1, 0.15) is 17.5 Å². The summed E-state index contributed by atoms with van der Waals surface area (Å²) in [5, 5.41) is 20.7. The summed E-state index contributed by atoms with van der Waals surface area (Å²) in [6, 6.07) is 0.895. The Morgan fingerprint density at radius 3 is 2.55 bits per heavy atom. The number of hydrogen-bond acceptors (Lipinski definition) is 6. The number of aromatic nitrogens is 4. The van der Waals surface area contributed by atoms with E-state index in [4.69, 9.17) is 4.74 Å². The molecule has 0 saturated carbocycles. The van der Waals surface area contributed by atoms with Crippen LogP contribution < -0.4 is 5.32 Å². The normalized spacial score (nSPS) is 20.2. The highest BCUT2D eigenvalue weighted by molar-refractivity contribution is 5.79. The number of aliphatic hydroxyl groups excluding tert-OH is 1. The Morgan fingerprint density at radius 1 is 1.10 bits per heavy atom. The number of rotatable bonds is 3. The number of anilines is 1. The van der Waals surface area contributed by atoms with Crippen molar-refractivity contribution in [2.45, 2.75) is 30.9 Å². The van der Waals surface area contributed by atoms with E-state index < -0.39 is 41.2 Å². The van der Waals surface area contributed by atoms with Crippen LogP contribution in [0.2, 0.25) is 0 Å². The fraction of sp³-hybridized carbons (Fsp3) is 0.389. The summed E-state index contributed by atoms with van der Waals surface area (Å²) < 4.78 is 86.0. The number of alkyl halides is 6. The van der Waals surface area contributed by atoms with Gasteiger partial charge in [-0.3, -0.25) is 4.40 Å². The predicted molar refractivity (Wildman–Crippen MR) is 95.1 cm³/mol. The van der Waals surface area contributed by atoms with Gasteiger partial charge in [0.25, 0.3) is 0 Å². The molecule has 0 radical (unpaired) electrons. The Balaban J connectivity index is 1.80. The molecule has 0 aliphatic carbocycles. The molecule has 0 spiro atoms. The lowest BCUT2D eigenvalue weighted by atomic mass is 10.00. The molecule has 1 aromatic carbocycles. The molecule has 2 aromatic heterocycles. The number of hydrogen-bond donors (Lipinski definition) is 2. The third kappa shape index (κ3) is 4.14. The molecule has 0 unspecified atom stereocenters. The van der Waals surface area contributed by atoms with Gasteiger partial charge in [0.05, 0.1) is 41.6 Å². The van der Waals surface area contributed by atoms with E-state index in [2.05, 4.69) is 20.5 Å². The molecule has 2 N–H and O–H groups in total. The molecule has 166 valence electrons. The number of nitrogens with zero attached hydrogens (tertiary/aromatic N) is 4. The van der Waals surface area contributed by atoms with E-state index >= 15 is 0 Å². The summed E-state index contributed by atoms with van der Waals surface area (Å²) in [6.07, 6.45) is -7.86. The number of nitrogens with one attached hydrogen (secondary N) is 1. The third-order valence-corrected chi connectivity index (χ3v) is 4.90. The summed E-state index contributed by atoms with van der Waals surface area (Å²) in [7, 11) is 0. The van der Waals surface area contributed by atoms with E-state index in [9.17, 15) is 31.4 Å². The van der Waals surface area contributed by atoms with Gasteiger partial charge in [-0.05, 0) is 18.6 Å². The van der Waals surface area contributed by atoms with Crippen LogP contribution in [0, 0.1) is 0 Å². The molecule has 31 heavy (non-hydrogen) atoms. The number of fused-ring (bicyclic) bond motifs is 1. The van der Waals surface area contributed by atoms with Gasteiger partial charge in [-0.25, -0.2) is 4.98 Å². The molecule has 1 aliphatic rings. The minimum atomic E-state index is -5.06. The number of imidazole rings is 1. The highest BCUT2D eigenvalue weighted by Gasteiger charge is 2.39. The molecule has 1 saturated heterocycles. The highest BCUT2D eigenvalue weighted by atomic mass is 19.4. The van der Waals surface area contributed by atoms with E-state index in [1.165, 1.54) is 16.9 Å². The average molecular weight is 447 g/mol. The first kappa shape index (κ1) is 21.3. The second-order valence-corrected chi connectivity index (χ2v) is 6.96. The van der Waals surface area contributed by atoms with Crippen molar-refractivity contribution in [2.24, 2.45) is 0 Å². The van der Waals surface area contributed by atoms with E-state index in [-0.39, 0.29) is 29.8 Å². The Morgan fingerprint density at radius 2 is 1.87 bits per heavy atom. The van der Waals surface area contributed by atoms with Crippen LogP contribution in [-0.2, 0) is 17.1 Å². The van der Waals surface area contributed by atoms with Crippen molar-refractivity contribution in [1.82, 2.24) is 19.6 Å². The minimum absolute atomic E-state index is 0.0500. The number of aliphatic hydroxyl groups is 1. The molecule has 3 heterocycles. The smallest absolute Gasteiger partial charge is 0.389 e. The third-order valence-electron chi connectivity index (χ3n) is 4.90. The van der Waals surface area contributed by atoms with Crippen LogP contribution in [0.15, 0.2) is 30.7 Å². The zero-order valence-corrected chi connectivity index (χ0v) is 15.6. The van der Waals surface area contributed by atoms with E-state index in [0.717, 1.165) is 6.07 Å². The van der Waals surface area contributed by atoms with E-state index in [1.807, 2.05) is 0 Å². The molecule has 0 bridgehead atoms. The van der Waals surface area contributed by atoms with E-state index in [0.29, 0.717) is 19.1 Å². The first-order valence-electron chi connectivity index (χ1n) is 9.05. The average Bonchev–Trinajstić information content (AvgIpc) is 3.18. The maximum Gasteiger partial charge on any atom is 0.417 e. The number of halogens is 6. The fourth-order valence-electron chi connectivity index (χ4n) is 3.34. The Bertz CT molecular complexity index is 1100. The largest absolute Gasteiger partial charge is 0.417 e. The Kier molecular flexibility index (Phi) is 5.25. The lowest BCUT2D eigenvalue weighted by Crippen LogP contribution is -2.42. The minimum Gasteiger partial charge on any atom is -0.389 e. The second-order valence-electron chi connectivity index (χ2n) is 6.96. The zero-order valence-electron chi connectivity index (χ0n) is 15.6. The monoisotopic (exact) mass is 447 g/mol. The number of ether oxygens (including phenoxy) is 1. The van der Waals surface area contributed by atoms with Crippen molar-refractivity contribution in [3.8, 4) is 11.3 Å². The van der Waals surface area contributed by atoms with Crippen LogP contribution in [0.4, 0.5) is 32.3 Å². The van der Waals surface area contributed by atoms with E-state index in [1.54, 1.807) is 0 Å². The first-order valence-corrected chi connectivity index (χ1v) is 9.05. The quantitative estimate of drug-likeness (QED) is 0.599. The Hall–Kier alpha value is -2.93. The number of benzene rings is 1. The summed E-state index contributed by atoms with van der Waals surface area (Å²) in [5.41, 5.74) is -3.65. The summed E-state index contributed by atoms with van der Waals surface area (Å²) in [6.45, 7) is 0.505. The van der Waals surface area contributed by atoms with Crippen molar-refractivity contribution in [1.29, 1.82) is 0 Å². The summed E-state index contributed by atoms with van der Waals surface area (Å²) in [4.78, 5) is 3.90. The molecular formula is C18H15F6N5O2. The zero-order chi connectivity index (χ0) is 22.4. The summed E-state index contributed by atoms with van der Waals surface area (Å²) in [5.74, 6) is 0.114. The van der Waals surface area contributed by atoms with Crippen LogP contribution >= 0.6 is 0 Å². The van der Waals surface area contributed by atoms with Crippen molar-refractivity contribution in [3.63, 3.8) is 0 Å². The summed E-state index contributed by atoms with van der Waals surface area (Å²) >= 11 is 0. The van der Waals surface area contributed by atoms with Crippen molar-refractivity contribution in [3.05, 3.63) is 41.9 Å². The molecule has 2 atom stereocenters. The molecule has 3 aromatic rings. The molecule has 1 fully saturated rings. The van der Waals surface area contributed by atoms with Gasteiger partial charge in [0, 0.05) is 12.2 Å². The Labute approximate surface area is 170 Å². The van der Waals surface area contributed by atoms with Crippen LogP contribution in [0.5, 0.6) is 0 Å². The van der Waals surface area contributed by atoms with Gasteiger partial charge in [-0.1, -0.05) is 6.07 Å². The van der Waals surface area contributed by atoms with Crippen LogP contribution in [0.25, 0.3) is 16.8 Å². The molecule has 0 amide bonds. The lowest BCUT2D eigenvalue weighted by Gasteiger charge is -2.28. The van der Waals surface area contributed by atoms with Gasteiger partial charge in [0.2, 0.25) is 5.95 Å².